The van der Waals surface area contributed by atoms with Crippen LogP contribution in [0.15, 0.2) is 12.3 Å². The molecular weight excluding hydrogens is 262 g/mol. The van der Waals surface area contributed by atoms with E-state index in [1.165, 1.54) is 11.1 Å². The fourth-order valence-electron chi connectivity index (χ4n) is 2.39. The molecule has 1 unspecified atom stereocenters. The van der Waals surface area contributed by atoms with Crippen molar-refractivity contribution < 1.29 is 4.74 Å². The highest BCUT2D eigenvalue weighted by molar-refractivity contribution is 5.48. The fraction of sp³-hybridized carbons (Fsp3) is 0.706. The van der Waals surface area contributed by atoms with Crippen molar-refractivity contribution in [3.8, 4) is 0 Å². The molecule has 21 heavy (non-hydrogen) atoms. The molecular formula is C17H31N3O. The van der Waals surface area contributed by atoms with E-state index in [-0.39, 0.29) is 5.54 Å². The van der Waals surface area contributed by atoms with Crippen LogP contribution < -0.4 is 10.2 Å². The molecule has 0 aliphatic carbocycles. The van der Waals surface area contributed by atoms with Crippen LogP contribution in [0.2, 0.25) is 0 Å². The first kappa shape index (κ1) is 17.9. The van der Waals surface area contributed by atoms with Gasteiger partial charge in [-0.1, -0.05) is 0 Å². The number of nitrogens with zero attached hydrogens (tertiary/aromatic N) is 2. The molecule has 1 atom stereocenters. The number of pyridine rings is 1. The van der Waals surface area contributed by atoms with Crippen LogP contribution in [0.25, 0.3) is 0 Å². The normalized spacial score (nSPS) is 13.3. The highest BCUT2D eigenvalue weighted by Crippen LogP contribution is 2.20. The van der Waals surface area contributed by atoms with Gasteiger partial charge in [0.1, 0.15) is 5.82 Å². The lowest BCUT2D eigenvalue weighted by Gasteiger charge is -2.30. The molecule has 4 nitrogen and oxygen atoms in total. The number of anilines is 1. The number of aryl methyl sites for hydroxylation is 1. The van der Waals surface area contributed by atoms with Gasteiger partial charge in [0.2, 0.25) is 0 Å². The second-order valence-corrected chi connectivity index (χ2v) is 6.68. The van der Waals surface area contributed by atoms with Gasteiger partial charge in [-0.15, -0.1) is 0 Å². The van der Waals surface area contributed by atoms with Crippen LogP contribution in [-0.4, -0.2) is 36.8 Å². The Kier molecular flexibility index (Phi) is 6.62. The van der Waals surface area contributed by atoms with Crippen LogP contribution in [0.3, 0.4) is 0 Å². The Morgan fingerprint density at radius 1 is 1.38 bits per heavy atom. The summed E-state index contributed by atoms with van der Waals surface area (Å²) in [4.78, 5) is 6.98. The van der Waals surface area contributed by atoms with Gasteiger partial charge in [0.25, 0.3) is 0 Å². The van der Waals surface area contributed by atoms with Gasteiger partial charge in [-0.3, -0.25) is 0 Å². The van der Waals surface area contributed by atoms with Gasteiger partial charge in [0.05, 0.1) is 12.6 Å². The highest BCUT2D eigenvalue weighted by Gasteiger charge is 2.16. The number of ether oxygens (including phenoxy) is 1. The standard InChI is InChI=1S/C17H31N3O/c1-8-20(14(3)12-21-7)16-13(2)9-15(10-18-16)11-19-17(4,5)6/h9-10,14,19H,8,11-12H2,1-7H3. The lowest BCUT2D eigenvalue weighted by atomic mass is 10.1. The molecule has 0 fully saturated rings. The molecule has 0 amide bonds. The second kappa shape index (κ2) is 7.76. The van der Waals surface area contributed by atoms with Crippen LogP contribution in [0.5, 0.6) is 0 Å². The summed E-state index contributed by atoms with van der Waals surface area (Å²) < 4.78 is 5.27. The number of rotatable bonds is 7. The van der Waals surface area contributed by atoms with E-state index < -0.39 is 0 Å². The van der Waals surface area contributed by atoms with Crippen molar-refractivity contribution in [3.63, 3.8) is 0 Å². The number of hydrogen-bond donors (Lipinski definition) is 1. The van der Waals surface area contributed by atoms with Crippen molar-refractivity contribution in [2.45, 2.75) is 59.7 Å². The SMILES string of the molecule is CCN(c1ncc(CNC(C)(C)C)cc1C)C(C)COC. The molecule has 0 aromatic carbocycles. The van der Waals surface area contributed by atoms with E-state index in [4.69, 9.17) is 4.74 Å². The predicted octanol–water partition coefficient (Wildman–Crippen LogP) is 3.14. The maximum absolute atomic E-state index is 5.27. The minimum Gasteiger partial charge on any atom is -0.383 e. The van der Waals surface area contributed by atoms with Gasteiger partial charge in [0, 0.05) is 31.9 Å². The fourth-order valence-corrected chi connectivity index (χ4v) is 2.39. The molecule has 1 heterocycles. The summed E-state index contributed by atoms with van der Waals surface area (Å²) in [5.74, 6) is 1.06. The number of nitrogens with one attached hydrogen (secondary N) is 1. The second-order valence-electron chi connectivity index (χ2n) is 6.68. The molecule has 0 bridgehead atoms. The summed E-state index contributed by atoms with van der Waals surface area (Å²) in [6.07, 6.45) is 1.98. The maximum Gasteiger partial charge on any atom is 0.131 e. The van der Waals surface area contributed by atoms with Crippen molar-refractivity contribution in [2.24, 2.45) is 0 Å². The third kappa shape index (κ3) is 5.64. The molecule has 0 saturated carbocycles. The third-order valence-electron chi connectivity index (χ3n) is 3.48. The molecule has 0 aliphatic rings. The quantitative estimate of drug-likeness (QED) is 0.838. The molecule has 1 aromatic heterocycles. The molecule has 1 rings (SSSR count). The molecule has 0 saturated heterocycles. The molecule has 4 heteroatoms. The lowest BCUT2D eigenvalue weighted by molar-refractivity contribution is 0.181. The van der Waals surface area contributed by atoms with Gasteiger partial charge in [-0.05, 0) is 58.7 Å². The Bertz CT molecular complexity index is 440. The van der Waals surface area contributed by atoms with Crippen molar-refractivity contribution in [1.29, 1.82) is 0 Å². The van der Waals surface area contributed by atoms with Crippen molar-refractivity contribution in [3.05, 3.63) is 23.4 Å². The zero-order valence-corrected chi connectivity index (χ0v) is 14.7. The number of hydrogen-bond acceptors (Lipinski definition) is 4. The molecule has 0 radical (unpaired) electrons. The van der Waals surface area contributed by atoms with Crippen molar-refractivity contribution in [1.82, 2.24) is 10.3 Å². The summed E-state index contributed by atoms with van der Waals surface area (Å²) in [5.41, 5.74) is 2.56. The Hall–Kier alpha value is -1.13. The Balaban J connectivity index is 2.85. The van der Waals surface area contributed by atoms with Gasteiger partial charge < -0.3 is 15.0 Å². The van der Waals surface area contributed by atoms with Crippen LogP contribution in [0.4, 0.5) is 5.82 Å². The molecule has 0 spiro atoms. The molecule has 0 aliphatic heterocycles. The Morgan fingerprint density at radius 2 is 2.05 bits per heavy atom. The predicted molar refractivity (Wildman–Crippen MR) is 89.9 cm³/mol. The molecule has 1 aromatic rings. The van der Waals surface area contributed by atoms with E-state index in [1.54, 1.807) is 7.11 Å². The van der Waals surface area contributed by atoms with Gasteiger partial charge >= 0.3 is 0 Å². The maximum atomic E-state index is 5.27. The average Bonchev–Trinajstić information content (AvgIpc) is 2.39. The first-order valence-electron chi connectivity index (χ1n) is 7.74. The van der Waals surface area contributed by atoms with Crippen molar-refractivity contribution >= 4 is 5.82 Å². The monoisotopic (exact) mass is 293 g/mol. The number of likely N-dealkylation sites (N-methyl/N-ethyl adjacent to an activating group) is 1. The van der Waals surface area contributed by atoms with E-state index in [0.29, 0.717) is 12.6 Å². The van der Waals surface area contributed by atoms with Gasteiger partial charge in [0.15, 0.2) is 0 Å². The van der Waals surface area contributed by atoms with E-state index in [0.717, 1.165) is 18.9 Å². The smallest absolute Gasteiger partial charge is 0.131 e. The summed E-state index contributed by atoms with van der Waals surface area (Å²) in [7, 11) is 1.74. The highest BCUT2D eigenvalue weighted by atomic mass is 16.5. The van der Waals surface area contributed by atoms with Crippen LogP contribution >= 0.6 is 0 Å². The summed E-state index contributed by atoms with van der Waals surface area (Å²) in [5, 5.41) is 3.50. The van der Waals surface area contributed by atoms with E-state index in [1.807, 2.05) is 6.20 Å². The number of methoxy groups -OCH3 is 1. The Labute approximate surface area is 129 Å². The first-order chi connectivity index (χ1) is 9.78. The lowest BCUT2D eigenvalue weighted by Crippen LogP contribution is -2.37. The topological polar surface area (TPSA) is 37.4 Å². The first-order valence-corrected chi connectivity index (χ1v) is 7.74. The van der Waals surface area contributed by atoms with Gasteiger partial charge in [-0.2, -0.15) is 0 Å². The molecule has 120 valence electrons. The zero-order chi connectivity index (χ0) is 16.0. The van der Waals surface area contributed by atoms with Crippen molar-refractivity contribution in [2.75, 3.05) is 25.2 Å². The van der Waals surface area contributed by atoms with Gasteiger partial charge in [-0.25, -0.2) is 4.98 Å². The largest absolute Gasteiger partial charge is 0.383 e. The zero-order valence-electron chi connectivity index (χ0n) is 14.7. The molecule has 1 N–H and O–H groups in total. The van der Waals surface area contributed by atoms with E-state index in [2.05, 4.69) is 62.8 Å². The van der Waals surface area contributed by atoms with Crippen LogP contribution in [0, 0.1) is 6.92 Å². The summed E-state index contributed by atoms with van der Waals surface area (Å²) in [6, 6.07) is 2.55. The summed E-state index contributed by atoms with van der Waals surface area (Å²) in [6.45, 7) is 15.5. The van der Waals surface area contributed by atoms with E-state index in [9.17, 15) is 0 Å². The van der Waals surface area contributed by atoms with Crippen LogP contribution in [0.1, 0.15) is 45.7 Å². The minimum absolute atomic E-state index is 0.120. The number of aromatic nitrogens is 1. The third-order valence-corrected chi connectivity index (χ3v) is 3.48. The minimum atomic E-state index is 0.120. The van der Waals surface area contributed by atoms with Crippen LogP contribution in [-0.2, 0) is 11.3 Å². The summed E-state index contributed by atoms with van der Waals surface area (Å²) >= 11 is 0. The average molecular weight is 293 g/mol. The Morgan fingerprint density at radius 3 is 2.52 bits per heavy atom. The van der Waals surface area contributed by atoms with E-state index >= 15 is 0 Å².